The van der Waals surface area contributed by atoms with Gasteiger partial charge in [0.1, 0.15) is 12.4 Å². The van der Waals surface area contributed by atoms with E-state index in [9.17, 15) is 5.11 Å². The third-order valence-electron chi connectivity index (χ3n) is 4.54. The Hall–Kier alpha value is -1.37. The van der Waals surface area contributed by atoms with Crippen molar-refractivity contribution in [3.05, 3.63) is 58.6 Å². The molecule has 1 aromatic carbocycles. The van der Waals surface area contributed by atoms with Crippen molar-refractivity contribution in [3.8, 4) is 0 Å². The van der Waals surface area contributed by atoms with E-state index < -0.39 is 11.0 Å². The van der Waals surface area contributed by atoms with Crippen molar-refractivity contribution in [3.63, 3.8) is 0 Å². The van der Waals surface area contributed by atoms with Crippen LogP contribution in [-0.4, -0.2) is 40.3 Å². The lowest BCUT2D eigenvalue weighted by atomic mass is 9.73. The van der Waals surface area contributed by atoms with E-state index in [4.69, 9.17) is 32.7 Å². The molecule has 1 saturated heterocycles. The van der Waals surface area contributed by atoms with Gasteiger partial charge in [-0.25, -0.2) is 4.98 Å². The molecule has 1 atom stereocenters. The van der Waals surface area contributed by atoms with Gasteiger partial charge >= 0.3 is 0 Å². The highest BCUT2D eigenvalue weighted by Gasteiger charge is 2.47. The van der Waals surface area contributed by atoms with Crippen LogP contribution in [0.5, 0.6) is 0 Å². The number of ether oxygens (including phenoxy) is 2. The van der Waals surface area contributed by atoms with E-state index >= 15 is 0 Å². The second-order valence-corrected chi connectivity index (χ2v) is 7.38. The first-order valence-electron chi connectivity index (χ1n) is 7.90. The molecule has 134 valence electrons. The Kier molecular flexibility index (Phi) is 5.51. The molecule has 1 aromatic heterocycles. The highest BCUT2D eigenvalue weighted by molar-refractivity contribution is 6.35. The summed E-state index contributed by atoms with van der Waals surface area (Å²) in [7, 11) is 0. The molecule has 3 rings (SSSR count). The molecule has 0 amide bonds. The molecular formula is C18H20Cl2N2O3. The van der Waals surface area contributed by atoms with E-state index in [1.54, 1.807) is 36.8 Å². The van der Waals surface area contributed by atoms with Gasteiger partial charge in [-0.1, -0.05) is 42.3 Å². The number of halogens is 2. The van der Waals surface area contributed by atoms with Crippen molar-refractivity contribution in [2.24, 2.45) is 5.41 Å². The van der Waals surface area contributed by atoms with Crippen molar-refractivity contribution in [1.29, 1.82) is 0 Å². The van der Waals surface area contributed by atoms with Gasteiger partial charge in [0, 0.05) is 27.9 Å². The van der Waals surface area contributed by atoms with Gasteiger partial charge < -0.3 is 19.1 Å². The highest BCUT2D eigenvalue weighted by atomic mass is 35.5. The minimum atomic E-state index is -1.23. The summed E-state index contributed by atoms with van der Waals surface area (Å²) in [6, 6.07) is 5.25. The molecule has 25 heavy (non-hydrogen) atoms. The Morgan fingerprint density at radius 2 is 2.12 bits per heavy atom. The van der Waals surface area contributed by atoms with Crippen molar-refractivity contribution >= 4 is 29.3 Å². The standard InChI is InChI=1S/C18H20Cl2N2O3/c1-17(10-24-13-25-11-17)18(23,9-22-7-6-21-12-22)5-4-14-2-3-15(19)8-16(14)20/h2-8,12,23H,9-11,13H2,1H3/b5-4+. The summed E-state index contributed by atoms with van der Waals surface area (Å²) in [5.41, 5.74) is -1.07. The Morgan fingerprint density at radius 1 is 1.36 bits per heavy atom. The third kappa shape index (κ3) is 4.07. The normalized spacial score (nSPS) is 19.8. The fourth-order valence-electron chi connectivity index (χ4n) is 2.85. The van der Waals surface area contributed by atoms with Crippen LogP contribution in [0.2, 0.25) is 10.0 Å². The van der Waals surface area contributed by atoms with E-state index in [1.807, 2.05) is 23.8 Å². The van der Waals surface area contributed by atoms with Crippen molar-refractivity contribution < 1.29 is 14.6 Å². The number of rotatable bonds is 5. The maximum Gasteiger partial charge on any atom is 0.146 e. The average molecular weight is 383 g/mol. The van der Waals surface area contributed by atoms with Gasteiger partial charge in [-0.15, -0.1) is 0 Å². The lowest BCUT2D eigenvalue weighted by molar-refractivity contribution is -0.210. The zero-order chi connectivity index (χ0) is 17.9. The van der Waals surface area contributed by atoms with Crippen LogP contribution in [0.1, 0.15) is 12.5 Å². The monoisotopic (exact) mass is 382 g/mol. The molecule has 1 aliphatic rings. The predicted octanol–water partition coefficient (Wildman–Crippen LogP) is 3.65. The van der Waals surface area contributed by atoms with Gasteiger partial charge in [-0.2, -0.15) is 0 Å². The van der Waals surface area contributed by atoms with E-state index in [0.717, 1.165) is 5.56 Å². The largest absolute Gasteiger partial charge is 0.383 e. The van der Waals surface area contributed by atoms with Crippen molar-refractivity contribution in [1.82, 2.24) is 9.55 Å². The molecule has 1 unspecified atom stereocenters. The molecule has 0 saturated carbocycles. The lowest BCUT2D eigenvalue weighted by Gasteiger charge is -2.45. The van der Waals surface area contributed by atoms with Crippen LogP contribution in [0.25, 0.3) is 6.08 Å². The number of aliphatic hydroxyl groups is 1. The summed E-state index contributed by atoms with van der Waals surface area (Å²) < 4.78 is 12.7. The lowest BCUT2D eigenvalue weighted by Crippen LogP contribution is -2.55. The Balaban J connectivity index is 1.94. The SMILES string of the molecule is CC1(C(O)(/C=C/c2ccc(Cl)cc2Cl)Cn2ccnc2)COCOC1. The summed E-state index contributed by atoms with van der Waals surface area (Å²) in [6.45, 7) is 3.27. The van der Waals surface area contributed by atoms with Crippen LogP contribution >= 0.6 is 23.2 Å². The van der Waals surface area contributed by atoms with Gasteiger partial charge in [-0.3, -0.25) is 0 Å². The zero-order valence-electron chi connectivity index (χ0n) is 13.9. The molecule has 0 bridgehead atoms. The van der Waals surface area contributed by atoms with Gasteiger partial charge in [-0.05, 0) is 23.8 Å². The van der Waals surface area contributed by atoms with Crippen LogP contribution in [0.15, 0.2) is 43.0 Å². The maximum atomic E-state index is 11.5. The quantitative estimate of drug-likeness (QED) is 0.857. The van der Waals surface area contributed by atoms with Crippen LogP contribution in [0.3, 0.4) is 0 Å². The second-order valence-electron chi connectivity index (χ2n) is 6.53. The number of benzene rings is 1. The average Bonchev–Trinajstić information content (AvgIpc) is 3.07. The van der Waals surface area contributed by atoms with Crippen LogP contribution in [-0.2, 0) is 16.0 Å². The molecule has 1 fully saturated rings. The predicted molar refractivity (Wildman–Crippen MR) is 97.6 cm³/mol. The van der Waals surface area contributed by atoms with Crippen LogP contribution in [0, 0.1) is 5.41 Å². The molecule has 7 heteroatoms. The van der Waals surface area contributed by atoms with Crippen molar-refractivity contribution in [2.45, 2.75) is 19.1 Å². The number of hydrogen-bond donors (Lipinski definition) is 1. The van der Waals surface area contributed by atoms with Gasteiger partial charge in [0.15, 0.2) is 0 Å². The Morgan fingerprint density at radius 3 is 2.76 bits per heavy atom. The van der Waals surface area contributed by atoms with E-state index in [0.29, 0.717) is 29.8 Å². The van der Waals surface area contributed by atoms with Gasteiger partial charge in [0.25, 0.3) is 0 Å². The molecule has 2 heterocycles. The number of aromatic nitrogens is 2. The van der Waals surface area contributed by atoms with Gasteiger partial charge in [0.2, 0.25) is 0 Å². The summed E-state index contributed by atoms with van der Waals surface area (Å²) in [5.74, 6) is 0. The summed E-state index contributed by atoms with van der Waals surface area (Å²) in [4.78, 5) is 4.05. The first-order chi connectivity index (χ1) is 11.9. The molecule has 2 aromatic rings. The van der Waals surface area contributed by atoms with Crippen molar-refractivity contribution in [2.75, 3.05) is 20.0 Å². The van der Waals surface area contributed by atoms with E-state index in [1.165, 1.54) is 0 Å². The first kappa shape index (κ1) is 18.4. The molecule has 1 aliphatic heterocycles. The topological polar surface area (TPSA) is 56.5 Å². The highest BCUT2D eigenvalue weighted by Crippen LogP contribution is 2.38. The van der Waals surface area contributed by atoms with E-state index in [-0.39, 0.29) is 6.79 Å². The zero-order valence-corrected chi connectivity index (χ0v) is 15.4. The number of nitrogens with zero attached hydrogens (tertiary/aromatic N) is 2. The minimum Gasteiger partial charge on any atom is -0.383 e. The number of hydrogen-bond acceptors (Lipinski definition) is 4. The molecule has 0 spiro atoms. The number of imidazole rings is 1. The molecule has 0 radical (unpaired) electrons. The summed E-state index contributed by atoms with van der Waals surface area (Å²) in [6.07, 6.45) is 8.70. The third-order valence-corrected chi connectivity index (χ3v) is 5.10. The Labute approximate surface area is 156 Å². The fourth-order valence-corrected chi connectivity index (χ4v) is 3.32. The molecule has 5 nitrogen and oxygen atoms in total. The molecule has 0 aliphatic carbocycles. The smallest absolute Gasteiger partial charge is 0.146 e. The van der Waals surface area contributed by atoms with Crippen LogP contribution in [0.4, 0.5) is 0 Å². The molecule has 1 N–H and O–H groups in total. The Bertz CT molecular complexity index is 743. The van der Waals surface area contributed by atoms with E-state index in [2.05, 4.69) is 4.98 Å². The fraction of sp³-hybridized carbons (Fsp3) is 0.389. The van der Waals surface area contributed by atoms with Gasteiger partial charge in [0.05, 0.1) is 26.1 Å². The molecular weight excluding hydrogens is 363 g/mol. The summed E-state index contributed by atoms with van der Waals surface area (Å²) >= 11 is 12.2. The second kappa shape index (κ2) is 7.48. The minimum absolute atomic E-state index is 0.240. The first-order valence-corrected chi connectivity index (χ1v) is 8.65. The van der Waals surface area contributed by atoms with Crippen LogP contribution < -0.4 is 0 Å². The maximum absolute atomic E-state index is 11.5. The summed E-state index contributed by atoms with van der Waals surface area (Å²) in [5, 5.41) is 12.6.